The summed E-state index contributed by atoms with van der Waals surface area (Å²) in [6.45, 7) is 11.8. The van der Waals surface area contributed by atoms with Crippen molar-refractivity contribution in [2.75, 3.05) is 60.4 Å². The topological polar surface area (TPSA) is 9.72 Å². The summed E-state index contributed by atoms with van der Waals surface area (Å²) in [5.41, 5.74) is 0. The first-order chi connectivity index (χ1) is 10.6. The highest BCUT2D eigenvalue weighted by molar-refractivity contribution is 4.60. The maximum absolute atomic E-state index is 2.49. The van der Waals surface area contributed by atoms with E-state index in [0.29, 0.717) is 0 Å². The summed E-state index contributed by atoms with van der Waals surface area (Å²) in [6, 6.07) is 0. The van der Waals surface area contributed by atoms with Gasteiger partial charge in [0.2, 0.25) is 0 Å². The van der Waals surface area contributed by atoms with Crippen molar-refractivity contribution in [3.05, 3.63) is 0 Å². The number of rotatable bonds is 16. The second-order valence-corrected chi connectivity index (χ2v) is 7.03. The van der Waals surface area contributed by atoms with Crippen LogP contribution in [0, 0.1) is 0 Å². The number of hydrogen-bond donors (Lipinski definition) is 0. The summed E-state index contributed by atoms with van der Waals surface area (Å²) in [5, 5.41) is 0. The van der Waals surface area contributed by atoms with Crippen molar-refractivity contribution in [2.24, 2.45) is 0 Å². The Balaban J connectivity index is 3.49. The predicted molar refractivity (Wildman–Crippen MR) is 101 cm³/mol. The lowest BCUT2D eigenvalue weighted by molar-refractivity contribution is 0.223. The van der Waals surface area contributed by atoms with Crippen molar-refractivity contribution in [2.45, 2.75) is 65.2 Å². The van der Waals surface area contributed by atoms with Gasteiger partial charge in [0.1, 0.15) is 0 Å². The maximum Gasteiger partial charge on any atom is 0.0107 e. The van der Waals surface area contributed by atoms with Gasteiger partial charge < -0.3 is 14.7 Å². The fourth-order valence-electron chi connectivity index (χ4n) is 2.64. The highest BCUT2D eigenvalue weighted by Crippen LogP contribution is 2.01. The Kier molecular flexibility index (Phi) is 15.7. The van der Waals surface area contributed by atoms with Gasteiger partial charge in [-0.15, -0.1) is 0 Å². The van der Waals surface area contributed by atoms with E-state index in [1.807, 2.05) is 0 Å². The van der Waals surface area contributed by atoms with Crippen molar-refractivity contribution < 1.29 is 0 Å². The Hall–Kier alpha value is -0.120. The van der Waals surface area contributed by atoms with E-state index in [1.54, 1.807) is 0 Å². The van der Waals surface area contributed by atoms with Crippen LogP contribution in [0.2, 0.25) is 0 Å². The summed E-state index contributed by atoms with van der Waals surface area (Å²) < 4.78 is 0. The van der Waals surface area contributed by atoms with Gasteiger partial charge in [-0.05, 0) is 47.1 Å². The van der Waals surface area contributed by atoms with E-state index in [1.165, 1.54) is 90.6 Å². The van der Waals surface area contributed by atoms with Gasteiger partial charge in [-0.1, -0.05) is 52.4 Å². The van der Waals surface area contributed by atoms with E-state index in [0.717, 1.165) is 0 Å². The fourth-order valence-corrected chi connectivity index (χ4v) is 2.64. The molecule has 0 amide bonds. The molecule has 0 aliphatic rings. The molecule has 0 saturated heterocycles. The zero-order chi connectivity index (χ0) is 16.6. The molecule has 0 aromatic heterocycles. The molecule has 0 N–H and O–H groups in total. The lowest BCUT2D eigenvalue weighted by atomic mass is 10.2. The molecule has 0 bridgehead atoms. The van der Waals surface area contributed by atoms with Crippen LogP contribution >= 0.6 is 0 Å². The summed E-state index contributed by atoms with van der Waals surface area (Å²) in [4.78, 5) is 7.45. The van der Waals surface area contributed by atoms with E-state index >= 15 is 0 Å². The largest absolute Gasteiger partial charge is 0.305 e. The fraction of sp³-hybridized carbons (Fsp3) is 1.00. The van der Waals surface area contributed by atoms with Crippen molar-refractivity contribution in [3.63, 3.8) is 0 Å². The summed E-state index contributed by atoms with van der Waals surface area (Å²) in [7, 11) is 6.79. The molecule has 0 unspecified atom stereocenters. The quantitative estimate of drug-likeness (QED) is 0.400. The molecule has 0 saturated carbocycles. The Morgan fingerprint density at radius 2 is 0.727 bits per heavy atom. The molecular weight excluding hydrogens is 270 g/mol. The van der Waals surface area contributed by atoms with Gasteiger partial charge in [0.05, 0.1) is 0 Å². The zero-order valence-electron chi connectivity index (χ0n) is 16.2. The average molecular weight is 314 g/mol. The van der Waals surface area contributed by atoms with Crippen molar-refractivity contribution in [1.29, 1.82) is 0 Å². The molecule has 0 aromatic carbocycles. The maximum atomic E-state index is 2.49. The Bertz CT molecular complexity index is 199. The molecular formula is C19H43N3. The third-order valence-corrected chi connectivity index (χ3v) is 4.51. The van der Waals surface area contributed by atoms with Gasteiger partial charge >= 0.3 is 0 Å². The Morgan fingerprint density at radius 3 is 1.05 bits per heavy atom. The summed E-state index contributed by atoms with van der Waals surface area (Å²) in [5.74, 6) is 0. The molecule has 0 aliphatic carbocycles. The first kappa shape index (κ1) is 21.9. The van der Waals surface area contributed by atoms with Gasteiger partial charge in [0.25, 0.3) is 0 Å². The normalized spacial score (nSPS) is 12.0. The van der Waals surface area contributed by atoms with Gasteiger partial charge in [-0.2, -0.15) is 0 Å². The van der Waals surface area contributed by atoms with Crippen LogP contribution in [0.3, 0.4) is 0 Å². The summed E-state index contributed by atoms with van der Waals surface area (Å²) in [6.07, 6.45) is 10.9. The van der Waals surface area contributed by atoms with Crippen LogP contribution in [-0.2, 0) is 0 Å². The minimum Gasteiger partial charge on any atom is -0.305 e. The van der Waals surface area contributed by atoms with Crippen LogP contribution in [0.15, 0.2) is 0 Å². The van der Waals surface area contributed by atoms with E-state index in [9.17, 15) is 0 Å². The molecule has 134 valence electrons. The Morgan fingerprint density at radius 1 is 0.409 bits per heavy atom. The molecule has 0 spiro atoms. The van der Waals surface area contributed by atoms with Crippen LogP contribution in [0.1, 0.15) is 65.2 Å². The molecule has 0 aromatic rings. The lowest BCUT2D eigenvalue weighted by Gasteiger charge is -2.24. The van der Waals surface area contributed by atoms with Gasteiger partial charge in [-0.25, -0.2) is 0 Å². The third-order valence-electron chi connectivity index (χ3n) is 4.51. The predicted octanol–water partition coefficient (Wildman–Crippen LogP) is 3.94. The van der Waals surface area contributed by atoms with Crippen LogP contribution in [0.5, 0.6) is 0 Å². The summed E-state index contributed by atoms with van der Waals surface area (Å²) >= 11 is 0. The van der Waals surface area contributed by atoms with Crippen LogP contribution in [0.4, 0.5) is 0 Å². The first-order valence-corrected chi connectivity index (χ1v) is 9.65. The van der Waals surface area contributed by atoms with Crippen LogP contribution in [0.25, 0.3) is 0 Å². The molecule has 22 heavy (non-hydrogen) atoms. The van der Waals surface area contributed by atoms with Gasteiger partial charge in [0.15, 0.2) is 0 Å². The molecule has 0 rings (SSSR count). The van der Waals surface area contributed by atoms with Gasteiger partial charge in [0, 0.05) is 26.2 Å². The highest BCUT2D eigenvalue weighted by atomic mass is 15.2. The minimum atomic E-state index is 1.19. The zero-order valence-corrected chi connectivity index (χ0v) is 16.2. The van der Waals surface area contributed by atoms with E-state index < -0.39 is 0 Å². The lowest BCUT2D eigenvalue weighted by Crippen LogP contribution is -2.36. The van der Waals surface area contributed by atoms with Gasteiger partial charge in [-0.3, -0.25) is 0 Å². The van der Waals surface area contributed by atoms with E-state index in [2.05, 4.69) is 49.7 Å². The molecule has 0 radical (unpaired) electrons. The first-order valence-electron chi connectivity index (χ1n) is 9.65. The number of nitrogens with zero attached hydrogens (tertiary/aromatic N) is 3. The van der Waals surface area contributed by atoms with E-state index in [-0.39, 0.29) is 0 Å². The Labute approximate surface area is 141 Å². The smallest absolute Gasteiger partial charge is 0.0107 e. The second-order valence-electron chi connectivity index (χ2n) is 7.03. The number of likely N-dealkylation sites (N-methyl/N-ethyl adjacent to an activating group) is 3. The number of unbranched alkanes of at least 4 members (excludes halogenated alkanes) is 6. The monoisotopic (exact) mass is 313 g/mol. The minimum absolute atomic E-state index is 1.19. The van der Waals surface area contributed by atoms with Crippen LogP contribution in [-0.4, -0.2) is 75.1 Å². The second kappa shape index (κ2) is 15.8. The standard InChI is InChI=1S/C19H43N3/c1-6-8-10-12-14-20(3)16-18-22(5)19-17-21(4)15-13-11-9-7-2/h6-19H2,1-5H3. The van der Waals surface area contributed by atoms with E-state index in [4.69, 9.17) is 0 Å². The van der Waals surface area contributed by atoms with Crippen molar-refractivity contribution in [3.8, 4) is 0 Å². The third kappa shape index (κ3) is 14.8. The molecule has 3 nitrogen and oxygen atoms in total. The molecule has 3 heteroatoms. The molecule has 0 atom stereocenters. The molecule has 0 aliphatic heterocycles. The van der Waals surface area contributed by atoms with Crippen molar-refractivity contribution >= 4 is 0 Å². The SMILES string of the molecule is CCCCCCN(C)CCN(C)CCN(C)CCCCCC. The van der Waals surface area contributed by atoms with Crippen LogP contribution < -0.4 is 0 Å². The highest BCUT2D eigenvalue weighted by Gasteiger charge is 2.04. The average Bonchev–Trinajstić information content (AvgIpc) is 2.51. The number of hydrogen-bond acceptors (Lipinski definition) is 3. The molecule has 0 fully saturated rings. The van der Waals surface area contributed by atoms with Crippen molar-refractivity contribution in [1.82, 2.24) is 14.7 Å². The molecule has 0 heterocycles.